The molecule has 0 saturated carbocycles. The van der Waals surface area contributed by atoms with Gasteiger partial charge in [0.05, 0.1) is 34.1 Å². The molecule has 0 bridgehead atoms. The molecular formula is C24H27Cl2N5O5S. The Bertz CT molecular complexity index is 1210. The summed E-state index contributed by atoms with van der Waals surface area (Å²) in [6, 6.07) is 4.85. The molecule has 1 aromatic carbocycles. The summed E-state index contributed by atoms with van der Waals surface area (Å²) in [4.78, 5) is 58.7. The van der Waals surface area contributed by atoms with Gasteiger partial charge in [-0.2, -0.15) is 0 Å². The minimum atomic E-state index is -0.657. The Morgan fingerprint density at radius 1 is 1.11 bits per heavy atom. The number of benzene rings is 1. The van der Waals surface area contributed by atoms with Crippen LogP contribution in [0.15, 0.2) is 29.9 Å². The van der Waals surface area contributed by atoms with E-state index in [1.165, 1.54) is 22.4 Å². The van der Waals surface area contributed by atoms with E-state index in [4.69, 9.17) is 27.9 Å². The van der Waals surface area contributed by atoms with Crippen LogP contribution in [-0.4, -0.2) is 70.4 Å². The fourth-order valence-electron chi connectivity index (χ4n) is 4.55. The van der Waals surface area contributed by atoms with Gasteiger partial charge in [0.25, 0.3) is 5.91 Å². The molecule has 2 fully saturated rings. The number of halogens is 2. The van der Waals surface area contributed by atoms with Gasteiger partial charge in [-0.25, -0.2) is 4.79 Å². The average molecular weight is 568 g/mol. The third-order valence-corrected chi connectivity index (χ3v) is 7.73. The van der Waals surface area contributed by atoms with Crippen LogP contribution in [-0.2, 0) is 20.7 Å². The van der Waals surface area contributed by atoms with Crippen LogP contribution in [0.5, 0.6) is 0 Å². The number of hydrazine groups is 1. The van der Waals surface area contributed by atoms with Crippen molar-refractivity contribution < 1.29 is 23.9 Å². The normalized spacial score (nSPS) is 18.4. The van der Waals surface area contributed by atoms with E-state index in [1.54, 1.807) is 49.4 Å². The first-order chi connectivity index (χ1) is 17.4. The molecule has 0 radical (unpaired) electrons. The number of nitrogens with zero attached hydrogens (tertiary/aromatic N) is 3. The number of hydrogen-bond acceptors (Lipinski definition) is 7. The number of ether oxygens (including phenoxy) is 1. The Labute approximate surface area is 228 Å². The van der Waals surface area contributed by atoms with Crippen molar-refractivity contribution in [2.24, 2.45) is 11.3 Å². The standard InChI is InChI=1S/C24H27Cl2N5O5S/c1-23(2,3)36-22(35)31-11-24(12-31)10-30(21(34)18-8-27-13-37-18)9-15(24)20(33)29-28-19(32)7-14-4-5-16(25)17(26)6-14/h4-6,8,13,15H,7,9-12H2,1-3H3,(H,28,32)(H,29,33). The van der Waals surface area contributed by atoms with Crippen molar-refractivity contribution in [1.29, 1.82) is 0 Å². The van der Waals surface area contributed by atoms with E-state index in [9.17, 15) is 19.2 Å². The summed E-state index contributed by atoms with van der Waals surface area (Å²) in [6.07, 6.45) is 0.999. The molecule has 3 heterocycles. The molecule has 2 aliphatic rings. The molecule has 2 aromatic rings. The van der Waals surface area contributed by atoms with Crippen molar-refractivity contribution in [3.8, 4) is 0 Å². The summed E-state index contributed by atoms with van der Waals surface area (Å²) >= 11 is 13.1. The molecule has 2 saturated heterocycles. The topological polar surface area (TPSA) is 121 Å². The van der Waals surface area contributed by atoms with Crippen LogP contribution in [0.3, 0.4) is 0 Å². The molecule has 4 amide bonds. The molecule has 13 heteroatoms. The Morgan fingerprint density at radius 3 is 2.43 bits per heavy atom. The van der Waals surface area contributed by atoms with Crippen molar-refractivity contribution in [2.45, 2.75) is 32.8 Å². The van der Waals surface area contributed by atoms with Gasteiger partial charge in [-0.15, -0.1) is 11.3 Å². The lowest BCUT2D eigenvalue weighted by Crippen LogP contribution is -2.65. The van der Waals surface area contributed by atoms with E-state index in [0.29, 0.717) is 27.0 Å². The Balaban J connectivity index is 1.42. The van der Waals surface area contributed by atoms with E-state index >= 15 is 0 Å². The number of rotatable bonds is 4. The molecule has 2 aliphatic heterocycles. The Hall–Kier alpha value is -2.89. The molecule has 37 heavy (non-hydrogen) atoms. The minimum absolute atomic E-state index is 0.0185. The van der Waals surface area contributed by atoms with Gasteiger partial charge in [0, 0.05) is 31.6 Å². The number of carbonyl (C=O) groups excluding carboxylic acids is 4. The van der Waals surface area contributed by atoms with Crippen LogP contribution >= 0.6 is 34.5 Å². The smallest absolute Gasteiger partial charge is 0.410 e. The molecular weight excluding hydrogens is 541 g/mol. The van der Waals surface area contributed by atoms with Crippen LogP contribution in [0.1, 0.15) is 36.0 Å². The monoisotopic (exact) mass is 567 g/mol. The maximum absolute atomic E-state index is 13.2. The van der Waals surface area contributed by atoms with Crippen LogP contribution in [0.25, 0.3) is 0 Å². The van der Waals surface area contributed by atoms with Gasteiger partial charge in [0.15, 0.2) is 0 Å². The van der Waals surface area contributed by atoms with E-state index in [1.807, 2.05) is 0 Å². The van der Waals surface area contributed by atoms with Crippen molar-refractivity contribution in [3.63, 3.8) is 0 Å². The zero-order valence-electron chi connectivity index (χ0n) is 20.5. The van der Waals surface area contributed by atoms with Crippen LogP contribution in [0, 0.1) is 11.3 Å². The highest BCUT2D eigenvalue weighted by atomic mass is 35.5. The number of carbonyl (C=O) groups is 4. The zero-order chi connectivity index (χ0) is 27.0. The fraction of sp³-hybridized carbons (Fsp3) is 0.458. The summed E-state index contributed by atoms with van der Waals surface area (Å²) in [5, 5.41) is 0.707. The molecule has 0 aliphatic carbocycles. The number of hydrogen-bond donors (Lipinski definition) is 2. The first kappa shape index (κ1) is 27.2. The second-order valence-electron chi connectivity index (χ2n) is 10.3. The van der Waals surface area contributed by atoms with Gasteiger partial charge < -0.3 is 14.5 Å². The predicted octanol–water partition coefficient (Wildman–Crippen LogP) is 3.15. The van der Waals surface area contributed by atoms with Gasteiger partial charge in [0.1, 0.15) is 10.5 Å². The number of nitrogens with one attached hydrogen (secondary N) is 2. The fourth-order valence-corrected chi connectivity index (χ4v) is 5.46. The zero-order valence-corrected chi connectivity index (χ0v) is 22.9. The lowest BCUT2D eigenvalue weighted by Gasteiger charge is -2.49. The van der Waals surface area contributed by atoms with Gasteiger partial charge in [0.2, 0.25) is 11.8 Å². The third-order valence-electron chi connectivity index (χ3n) is 6.23. The van der Waals surface area contributed by atoms with Crippen molar-refractivity contribution in [1.82, 2.24) is 25.6 Å². The highest BCUT2D eigenvalue weighted by Gasteiger charge is 2.59. The SMILES string of the molecule is CC(C)(C)OC(=O)N1CC2(C1)CN(C(=O)c1cncs1)CC2C(=O)NNC(=O)Cc1ccc(Cl)c(Cl)c1. The second kappa shape index (κ2) is 10.5. The number of likely N-dealkylation sites (tertiary alicyclic amines) is 2. The van der Waals surface area contributed by atoms with Crippen LogP contribution in [0.2, 0.25) is 10.0 Å². The first-order valence-electron chi connectivity index (χ1n) is 11.6. The Morgan fingerprint density at radius 2 is 1.81 bits per heavy atom. The van der Waals surface area contributed by atoms with E-state index in [0.717, 1.165) is 0 Å². The summed E-state index contributed by atoms with van der Waals surface area (Å²) < 4.78 is 5.45. The maximum Gasteiger partial charge on any atom is 0.410 e. The molecule has 1 atom stereocenters. The molecule has 1 spiro atoms. The van der Waals surface area contributed by atoms with Crippen molar-refractivity contribution in [2.75, 3.05) is 26.2 Å². The average Bonchev–Trinajstić information content (AvgIpc) is 3.46. The third kappa shape index (κ3) is 6.16. The minimum Gasteiger partial charge on any atom is -0.444 e. The first-order valence-corrected chi connectivity index (χ1v) is 13.2. The Kier molecular flexibility index (Phi) is 7.68. The lowest BCUT2D eigenvalue weighted by atomic mass is 9.71. The quantitative estimate of drug-likeness (QED) is 0.547. The van der Waals surface area contributed by atoms with E-state index in [2.05, 4.69) is 15.8 Å². The van der Waals surface area contributed by atoms with Crippen molar-refractivity contribution in [3.05, 3.63) is 50.4 Å². The number of amides is 4. The predicted molar refractivity (Wildman–Crippen MR) is 138 cm³/mol. The number of thiazole rings is 1. The highest BCUT2D eigenvalue weighted by molar-refractivity contribution is 7.11. The summed E-state index contributed by atoms with van der Waals surface area (Å²) in [5.41, 5.74) is 5.81. The highest BCUT2D eigenvalue weighted by Crippen LogP contribution is 2.45. The van der Waals surface area contributed by atoms with Gasteiger partial charge >= 0.3 is 6.09 Å². The summed E-state index contributed by atoms with van der Waals surface area (Å²) in [7, 11) is 0. The second-order valence-corrected chi connectivity index (χ2v) is 12.0. The molecule has 4 rings (SSSR count). The van der Waals surface area contributed by atoms with Crippen LogP contribution < -0.4 is 10.9 Å². The summed E-state index contributed by atoms with van der Waals surface area (Å²) in [6.45, 7) is 6.28. The number of aromatic nitrogens is 1. The van der Waals surface area contributed by atoms with Crippen molar-refractivity contribution >= 4 is 58.4 Å². The molecule has 1 unspecified atom stereocenters. The van der Waals surface area contributed by atoms with Crippen LogP contribution in [0.4, 0.5) is 4.79 Å². The lowest BCUT2D eigenvalue weighted by molar-refractivity contribution is -0.136. The molecule has 1 aromatic heterocycles. The largest absolute Gasteiger partial charge is 0.444 e. The molecule has 10 nitrogen and oxygen atoms in total. The summed E-state index contributed by atoms with van der Waals surface area (Å²) in [5.74, 6) is -1.75. The van der Waals surface area contributed by atoms with Gasteiger partial charge in [-0.3, -0.25) is 30.2 Å². The van der Waals surface area contributed by atoms with E-state index < -0.39 is 34.8 Å². The van der Waals surface area contributed by atoms with Gasteiger partial charge in [-0.05, 0) is 38.5 Å². The molecule has 198 valence electrons. The maximum atomic E-state index is 13.2. The van der Waals surface area contributed by atoms with Gasteiger partial charge in [-0.1, -0.05) is 29.3 Å². The van der Waals surface area contributed by atoms with E-state index in [-0.39, 0.29) is 32.0 Å². The molecule has 2 N–H and O–H groups in total.